The normalized spacial score (nSPS) is 33.1. The van der Waals surface area contributed by atoms with E-state index in [1.54, 1.807) is 0 Å². The maximum atomic E-state index is 6.72. The third-order valence-corrected chi connectivity index (χ3v) is 4.81. The molecule has 18 heavy (non-hydrogen) atoms. The highest BCUT2D eigenvalue weighted by atomic mass is 15.2. The number of nitrogens with zero attached hydrogens (tertiary/aromatic N) is 1. The maximum Gasteiger partial charge on any atom is 0.0541 e. The van der Waals surface area contributed by atoms with Gasteiger partial charge in [0.1, 0.15) is 0 Å². The summed E-state index contributed by atoms with van der Waals surface area (Å²) in [5, 5.41) is 0. The van der Waals surface area contributed by atoms with E-state index >= 15 is 0 Å². The van der Waals surface area contributed by atoms with Crippen molar-refractivity contribution in [3.05, 3.63) is 35.4 Å². The monoisotopic (exact) mass is 244 g/mol. The molecule has 2 unspecified atom stereocenters. The predicted octanol–water partition coefficient (Wildman–Crippen LogP) is 2.66. The Balaban J connectivity index is 1.90. The minimum atomic E-state index is -0.188. The third-order valence-electron chi connectivity index (χ3n) is 4.81. The van der Waals surface area contributed by atoms with Crippen molar-refractivity contribution in [1.82, 2.24) is 4.90 Å². The smallest absolute Gasteiger partial charge is 0.0541 e. The van der Waals surface area contributed by atoms with Crippen LogP contribution in [0.1, 0.15) is 43.7 Å². The second kappa shape index (κ2) is 4.67. The van der Waals surface area contributed by atoms with Gasteiger partial charge in [-0.1, -0.05) is 30.7 Å². The first-order chi connectivity index (χ1) is 8.69. The van der Waals surface area contributed by atoms with Crippen LogP contribution in [0.5, 0.6) is 0 Å². The van der Waals surface area contributed by atoms with E-state index < -0.39 is 0 Å². The zero-order chi connectivity index (χ0) is 12.6. The fourth-order valence-corrected chi connectivity index (χ4v) is 3.83. The number of aryl methyl sites for hydroxylation is 1. The molecule has 0 amide bonds. The molecule has 98 valence electrons. The summed E-state index contributed by atoms with van der Waals surface area (Å²) in [6, 6.07) is 9.25. The van der Waals surface area contributed by atoms with Crippen LogP contribution in [-0.2, 0) is 12.0 Å². The molecule has 1 fully saturated rings. The minimum absolute atomic E-state index is 0.188. The second-order valence-electron chi connectivity index (χ2n) is 6.09. The van der Waals surface area contributed by atoms with E-state index in [1.807, 2.05) is 0 Å². The molecule has 1 saturated heterocycles. The Labute approximate surface area is 110 Å². The van der Waals surface area contributed by atoms with Gasteiger partial charge < -0.3 is 5.73 Å². The number of piperidine rings is 1. The molecule has 2 aliphatic rings. The molecule has 2 heteroatoms. The number of nitrogens with two attached hydrogens (primary N) is 1. The van der Waals surface area contributed by atoms with Gasteiger partial charge in [-0.3, -0.25) is 4.90 Å². The molecule has 1 aliphatic heterocycles. The molecule has 2 atom stereocenters. The lowest BCUT2D eigenvalue weighted by atomic mass is 9.74. The Kier molecular flexibility index (Phi) is 3.16. The fourth-order valence-electron chi connectivity index (χ4n) is 3.83. The molecule has 2 nitrogen and oxygen atoms in total. The minimum Gasteiger partial charge on any atom is -0.320 e. The largest absolute Gasteiger partial charge is 0.320 e. The zero-order valence-corrected chi connectivity index (χ0v) is 11.4. The summed E-state index contributed by atoms with van der Waals surface area (Å²) in [5.41, 5.74) is 9.36. The van der Waals surface area contributed by atoms with Crippen molar-refractivity contribution in [1.29, 1.82) is 0 Å². The Bertz CT molecular complexity index is 419. The lowest BCUT2D eigenvalue weighted by molar-refractivity contribution is 0.0903. The number of rotatable bonds is 1. The van der Waals surface area contributed by atoms with Crippen molar-refractivity contribution in [2.75, 3.05) is 13.1 Å². The van der Waals surface area contributed by atoms with Gasteiger partial charge >= 0.3 is 0 Å². The molecular formula is C16H24N2. The van der Waals surface area contributed by atoms with Gasteiger partial charge in [-0.05, 0) is 56.8 Å². The summed E-state index contributed by atoms with van der Waals surface area (Å²) in [6.07, 6.45) is 6.47. The van der Waals surface area contributed by atoms with Gasteiger partial charge in [-0.15, -0.1) is 0 Å². The van der Waals surface area contributed by atoms with Gasteiger partial charge in [0, 0.05) is 6.04 Å². The van der Waals surface area contributed by atoms with Crippen molar-refractivity contribution in [2.24, 2.45) is 5.73 Å². The molecule has 1 aliphatic carbocycles. The van der Waals surface area contributed by atoms with E-state index in [-0.39, 0.29) is 5.54 Å². The first-order valence-corrected chi connectivity index (χ1v) is 7.31. The summed E-state index contributed by atoms with van der Waals surface area (Å²) in [5.74, 6) is 0. The van der Waals surface area contributed by atoms with Gasteiger partial charge in [-0.25, -0.2) is 0 Å². The molecule has 0 spiro atoms. The van der Waals surface area contributed by atoms with Crippen LogP contribution in [0, 0.1) is 0 Å². The molecule has 2 N–H and O–H groups in total. The van der Waals surface area contributed by atoms with Crippen molar-refractivity contribution in [3.8, 4) is 0 Å². The summed E-state index contributed by atoms with van der Waals surface area (Å²) >= 11 is 0. The van der Waals surface area contributed by atoms with E-state index in [4.69, 9.17) is 5.73 Å². The van der Waals surface area contributed by atoms with Crippen molar-refractivity contribution in [3.63, 3.8) is 0 Å². The molecule has 1 aromatic carbocycles. The van der Waals surface area contributed by atoms with Gasteiger partial charge in [-0.2, -0.15) is 0 Å². The van der Waals surface area contributed by atoms with E-state index in [9.17, 15) is 0 Å². The van der Waals surface area contributed by atoms with Crippen molar-refractivity contribution >= 4 is 0 Å². The SMILES string of the molecule is CC1(N)c2ccccc2CCC1N1CCCCC1. The van der Waals surface area contributed by atoms with Gasteiger partial charge in [0.05, 0.1) is 5.54 Å². The highest BCUT2D eigenvalue weighted by molar-refractivity contribution is 5.37. The Morgan fingerprint density at radius 3 is 2.67 bits per heavy atom. The molecule has 3 rings (SSSR count). The molecule has 0 bridgehead atoms. The average molecular weight is 244 g/mol. The first-order valence-electron chi connectivity index (χ1n) is 7.31. The Hall–Kier alpha value is -0.860. The topological polar surface area (TPSA) is 29.3 Å². The predicted molar refractivity (Wildman–Crippen MR) is 75.5 cm³/mol. The van der Waals surface area contributed by atoms with Crippen LogP contribution < -0.4 is 5.73 Å². The summed E-state index contributed by atoms with van der Waals surface area (Å²) in [4.78, 5) is 2.64. The van der Waals surface area contributed by atoms with E-state index in [2.05, 4.69) is 36.1 Å². The number of likely N-dealkylation sites (tertiary alicyclic amines) is 1. The number of fused-ring (bicyclic) bond motifs is 1. The number of hydrogen-bond acceptors (Lipinski definition) is 2. The quantitative estimate of drug-likeness (QED) is 0.823. The average Bonchev–Trinajstić information content (AvgIpc) is 2.40. The molecule has 1 aromatic rings. The highest BCUT2D eigenvalue weighted by Crippen LogP contribution is 2.36. The van der Waals surface area contributed by atoms with E-state index in [0.717, 1.165) is 0 Å². The summed E-state index contributed by atoms with van der Waals surface area (Å²) in [6.45, 7) is 4.70. The Morgan fingerprint density at radius 2 is 1.89 bits per heavy atom. The lowest BCUT2D eigenvalue weighted by Gasteiger charge is -2.47. The van der Waals surface area contributed by atoms with Crippen LogP contribution in [0.4, 0.5) is 0 Å². The number of benzene rings is 1. The van der Waals surface area contributed by atoms with Crippen LogP contribution in [0.2, 0.25) is 0 Å². The summed E-state index contributed by atoms with van der Waals surface area (Å²) < 4.78 is 0. The van der Waals surface area contributed by atoms with Crippen molar-refractivity contribution in [2.45, 2.75) is 50.6 Å². The fraction of sp³-hybridized carbons (Fsp3) is 0.625. The van der Waals surface area contributed by atoms with Gasteiger partial charge in [0.15, 0.2) is 0 Å². The summed E-state index contributed by atoms with van der Waals surface area (Å²) in [7, 11) is 0. The van der Waals surface area contributed by atoms with Crippen LogP contribution >= 0.6 is 0 Å². The lowest BCUT2D eigenvalue weighted by Crippen LogP contribution is -2.57. The zero-order valence-electron chi connectivity index (χ0n) is 11.4. The van der Waals surface area contributed by atoms with Crippen LogP contribution in [-0.4, -0.2) is 24.0 Å². The maximum absolute atomic E-state index is 6.72. The van der Waals surface area contributed by atoms with Gasteiger partial charge in [0.25, 0.3) is 0 Å². The van der Waals surface area contributed by atoms with Gasteiger partial charge in [0.2, 0.25) is 0 Å². The Morgan fingerprint density at radius 1 is 1.17 bits per heavy atom. The van der Waals surface area contributed by atoms with Crippen LogP contribution in [0.15, 0.2) is 24.3 Å². The molecular weight excluding hydrogens is 220 g/mol. The number of hydrogen-bond donors (Lipinski definition) is 1. The molecule has 0 radical (unpaired) electrons. The van der Waals surface area contributed by atoms with Crippen molar-refractivity contribution < 1.29 is 0 Å². The van der Waals surface area contributed by atoms with E-state index in [0.29, 0.717) is 6.04 Å². The molecule has 0 aromatic heterocycles. The van der Waals surface area contributed by atoms with E-state index in [1.165, 1.54) is 56.3 Å². The first kappa shape index (κ1) is 12.2. The molecule has 1 heterocycles. The standard InChI is InChI=1S/C16H24N2/c1-16(17)14-8-4-3-7-13(14)9-10-15(16)18-11-5-2-6-12-18/h3-4,7-8,15H,2,5-6,9-12,17H2,1H3. The second-order valence-corrected chi connectivity index (χ2v) is 6.09. The third kappa shape index (κ3) is 1.98. The molecule has 0 saturated carbocycles. The van der Waals surface area contributed by atoms with Crippen LogP contribution in [0.25, 0.3) is 0 Å². The van der Waals surface area contributed by atoms with Crippen LogP contribution in [0.3, 0.4) is 0 Å². The highest BCUT2D eigenvalue weighted by Gasteiger charge is 2.40.